The fraction of sp³-hybridized carbons (Fsp3) is 0. The number of rotatable bonds is 2. The molecule has 0 unspecified atom stereocenters. The molecule has 70 valence electrons. The maximum Gasteiger partial charge on any atom is 0.272 e. The standard InChI is InChI=1S/C9H7N3O2/c13-10-6-8-11-9(12-14-8)7-4-2-1-3-5-7/h1-6,13H/b10-6-. The maximum atomic E-state index is 8.24. The predicted molar refractivity (Wildman–Crippen MR) is 49.1 cm³/mol. The molecule has 1 heterocycles. The largest absolute Gasteiger partial charge is 0.411 e. The third-order valence-electron chi connectivity index (χ3n) is 1.64. The summed E-state index contributed by atoms with van der Waals surface area (Å²) in [5.74, 6) is 0.645. The molecular formula is C9H7N3O2. The van der Waals surface area contributed by atoms with E-state index in [2.05, 4.69) is 15.3 Å². The molecule has 14 heavy (non-hydrogen) atoms. The molecule has 0 aliphatic heterocycles. The molecule has 1 aromatic carbocycles. The van der Waals surface area contributed by atoms with Crippen molar-refractivity contribution in [2.45, 2.75) is 0 Å². The van der Waals surface area contributed by atoms with Crippen LogP contribution >= 0.6 is 0 Å². The summed E-state index contributed by atoms with van der Waals surface area (Å²) in [6, 6.07) is 9.39. The molecule has 2 aromatic rings. The molecule has 0 spiro atoms. The number of nitrogens with zero attached hydrogens (tertiary/aromatic N) is 3. The second-order valence-electron chi connectivity index (χ2n) is 2.57. The van der Waals surface area contributed by atoms with Crippen LogP contribution in [0.15, 0.2) is 40.0 Å². The van der Waals surface area contributed by atoms with E-state index in [0.29, 0.717) is 5.82 Å². The van der Waals surface area contributed by atoms with Crippen molar-refractivity contribution in [3.8, 4) is 11.4 Å². The van der Waals surface area contributed by atoms with Crippen molar-refractivity contribution in [1.29, 1.82) is 0 Å². The average molecular weight is 189 g/mol. The lowest BCUT2D eigenvalue weighted by molar-refractivity contribution is 0.319. The van der Waals surface area contributed by atoms with Gasteiger partial charge in [-0.15, -0.1) is 0 Å². The predicted octanol–water partition coefficient (Wildman–Crippen LogP) is 1.54. The van der Waals surface area contributed by atoms with Crippen LogP contribution < -0.4 is 0 Å². The first-order valence-corrected chi connectivity index (χ1v) is 3.97. The van der Waals surface area contributed by atoms with Gasteiger partial charge in [-0.05, 0) is 0 Å². The Bertz CT molecular complexity index is 436. The van der Waals surface area contributed by atoms with E-state index >= 15 is 0 Å². The van der Waals surface area contributed by atoms with E-state index < -0.39 is 0 Å². The molecule has 1 N–H and O–H groups in total. The molecule has 0 fully saturated rings. The summed E-state index contributed by atoms with van der Waals surface area (Å²) in [6.45, 7) is 0. The van der Waals surface area contributed by atoms with Gasteiger partial charge in [-0.1, -0.05) is 40.6 Å². The highest BCUT2D eigenvalue weighted by atomic mass is 16.5. The fourth-order valence-electron chi connectivity index (χ4n) is 1.04. The van der Waals surface area contributed by atoms with Crippen LogP contribution in [0.3, 0.4) is 0 Å². The van der Waals surface area contributed by atoms with E-state index in [1.807, 2.05) is 30.3 Å². The number of hydrogen-bond donors (Lipinski definition) is 1. The SMILES string of the molecule is O/N=C\c1nc(-c2ccccc2)no1. The summed E-state index contributed by atoms with van der Waals surface area (Å²) < 4.78 is 4.79. The second-order valence-corrected chi connectivity index (χ2v) is 2.57. The van der Waals surface area contributed by atoms with Crippen molar-refractivity contribution in [3.63, 3.8) is 0 Å². The summed E-state index contributed by atoms with van der Waals surface area (Å²) in [5, 5.41) is 14.7. The van der Waals surface area contributed by atoms with Gasteiger partial charge in [0, 0.05) is 5.56 Å². The Morgan fingerprint density at radius 1 is 1.29 bits per heavy atom. The van der Waals surface area contributed by atoms with Crippen LogP contribution in [0.1, 0.15) is 5.89 Å². The van der Waals surface area contributed by atoms with Crippen molar-refractivity contribution in [3.05, 3.63) is 36.2 Å². The van der Waals surface area contributed by atoms with Crippen LogP contribution in [0.25, 0.3) is 11.4 Å². The van der Waals surface area contributed by atoms with Crippen molar-refractivity contribution in [2.75, 3.05) is 0 Å². The van der Waals surface area contributed by atoms with Crippen molar-refractivity contribution < 1.29 is 9.73 Å². The van der Waals surface area contributed by atoms with E-state index in [9.17, 15) is 0 Å². The number of benzene rings is 1. The molecule has 0 saturated carbocycles. The Balaban J connectivity index is 2.34. The Labute approximate surface area is 79.7 Å². The summed E-state index contributed by atoms with van der Waals surface area (Å²) in [7, 11) is 0. The van der Waals surface area contributed by atoms with Gasteiger partial charge in [-0.3, -0.25) is 0 Å². The summed E-state index contributed by atoms with van der Waals surface area (Å²) in [6.07, 6.45) is 1.08. The van der Waals surface area contributed by atoms with Gasteiger partial charge >= 0.3 is 0 Å². The van der Waals surface area contributed by atoms with Gasteiger partial charge < -0.3 is 9.73 Å². The minimum atomic E-state index is 0.173. The zero-order valence-electron chi connectivity index (χ0n) is 7.16. The van der Waals surface area contributed by atoms with Gasteiger partial charge in [0.05, 0.1) is 0 Å². The van der Waals surface area contributed by atoms with Crippen LogP contribution in [0, 0.1) is 0 Å². The zero-order valence-corrected chi connectivity index (χ0v) is 7.16. The van der Waals surface area contributed by atoms with E-state index in [0.717, 1.165) is 11.8 Å². The van der Waals surface area contributed by atoms with Crippen molar-refractivity contribution in [2.24, 2.45) is 5.16 Å². The van der Waals surface area contributed by atoms with E-state index in [-0.39, 0.29) is 5.89 Å². The van der Waals surface area contributed by atoms with Gasteiger partial charge in [-0.25, -0.2) is 0 Å². The molecule has 2 rings (SSSR count). The fourth-order valence-corrected chi connectivity index (χ4v) is 1.04. The minimum Gasteiger partial charge on any atom is -0.411 e. The summed E-state index contributed by atoms with van der Waals surface area (Å²) in [4.78, 5) is 3.98. The smallest absolute Gasteiger partial charge is 0.272 e. The Kier molecular flexibility index (Phi) is 2.22. The van der Waals surface area contributed by atoms with Gasteiger partial charge in [-0.2, -0.15) is 4.98 Å². The maximum absolute atomic E-state index is 8.24. The molecule has 5 heteroatoms. The van der Waals surface area contributed by atoms with Gasteiger partial charge in [0.15, 0.2) is 0 Å². The van der Waals surface area contributed by atoms with E-state index in [4.69, 9.17) is 9.73 Å². The minimum absolute atomic E-state index is 0.173. The molecule has 0 aliphatic rings. The number of hydrogen-bond acceptors (Lipinski definition) is 5. The quantitative estimate of drug-likeness (QED) is 0.442. The highest BCUT2D eigenvalue weighted by Gasteiger charge is 2.05. The molecule has 5 nitrogen and oxygen atoms in total. The van der Waals surface area contributed by atoms with Crippen LogP contribution in [0.2, 0.25) is 0 Å². The van der Waals surface area contributed by atoms with E-state index in [1.54, 1.807) is 0 Å². The van der Waals surface area contributed by atoms with Crippen LogP contribution in [-0.4, -0.2) is 21.6 Å². The Morgan fingerprint density at radius 2 is 2.07 bits per heavy atom. The first kappa shape index (κ1) is 8.43. The highest BCUT2D eigenvalue weighted by molar-refractivity contribution is 5.73. The van der Waals surface area contributed by atoms with Gasteiger partial charge in [0.2, 0.25) is 5.82 Å². The lowest BCUT2D eigenvalue weighted by atomic mass is 10.2. The van der Waals surface area contributed by atoms with E-state index in [1.165, 1.54) is 0 Å². The monoisotopic (exact) mass is 189 g/mol. The molecule has 0 aliphatic carbocycles. The second kappa shape index (κ2) is 3.69. The number of aromatic nitrogens is 2. The average Bonchev–Trinajstić information content (AvgIpc) is 2.68. The number of oxime groups is 1. The lowest BCUT2D eigenvalue weighted by Gasteiger charge is -1.89. The summed E-state index contributed by atoms with van der Waals surface area (Å²) in [5.41, 5.74) is 0.855. The molecule has 0 saturated heterocycles. The van der Waals surface area contributed by atoms with Crippen LogP contribution in [-0.2, 0) is 0 Å². The molecule has 0 atom stereocenters. The first-order valence-electron chi connectivity index (χ1n) is 3.97. The molecule has 1 aromatic heterocycles. The Morgan fingerprint density at radius 3 is 2.79 bits per heavy atom. The highest BCUT2D eigenvalue weighted by Crippen LogP contribution is 2.13. The topological polar surface area (TPSA) is 71.5 Å². The third-order valence-corrected chi connectivity index (χ3v) is 1.64. The van der Waals surface area contributed by atoms with Gasteiger partial charge in [0.1, 0.15) is 6.21 Å². The Hall–Kier alpha value is -2.17. The molecular weight excluding hydrogens is 182 g/mol. The van der Waals surface area contributed by atoms with Crippen LogP contribution in [0.5, 0.6) is 0 Å². The van der Waals surface area contributed by atoms with Crippen molar-refractivity contribution in [1.82, 2.24) is 10.1 Å². The normalized spacial score (nSPS) is 10.9. The third kappa shape index (κ3) is 1.61. The van der Waals surface area contributed by atoms with Crippen molar-refractivity contribution >= 4 is 6.21 Å². The van der Waals surface area contributed by atoms with Crippen LogP contribution in [0.4, 0.5) is 0 Å². The zero-order chi connectivity index (χ0) is 9.80. The first-order chi connectivity index (χ1) is 6.90. The lowest BCUT2D eigenvalue weighted by Crippen LogP contribution is -1.81. The molecule has 0 amide bonds. The summed E-state index contributed by atoms with van der Waals surface area (Å²) >= 11 is 0. The molecule has 0 radical (unpaired) electrons. The molecule has 0 bridgehead atoms. The van der Waals surface area contributed by atoms with Gasteiger partial charge in [0.25, 0.3) is 5.89 Å².